The fourth-order valence-corrected chi connectivity index (χ4v) is 1.45. The maximum absolute atomic E-state index is 13.6. The number of alkyl halides is 3. The molecule has 3 amide bonds. The van der Waals surface area contributed by atoms with E-state index in [1.54, 1.807) is 0 Å². The zero-order valence-corrected chi connectivity index (χ0v) is 17.0. The second-order valence-corrected chi connectivity index (χ2v) is 8.53. The number of imide groups is 1. The van der Waals surface area contributed by atoms with Crippen LogP contribution < -0.4 is 0 Å². The first kappa shape index (κ1) is 24.8. The van der Waals surface area contributed by atoms with Crippen LogP contribution >= 0.6 is 0 Å². The third-order valence-corrected chi connectivity index (χ3v) is 2.14. The van der Waals surface area contributed by atoms with E-state index in [4.69, 9.17) is 9.47 Å². The second-order valence-electron chi connectivity index (χ2n) is 8.53. The van der Waals surface area contributed by atoms with Crippen LogP contribution in [0.4, 0.5) is 27.6 Å². The summed E-state index contributed by atoms with van der Waals surface area (Å²) in [5.74, 6) is 0. The summed E-state index contributed by atoms with van der Waals surface area (Å²) >= 11 is 0. The molecule has 0 N–H and O–H groups in total. The minimum absolute atomic E-state index is 0.565. The van der Waals surface area contributed by atoms with E-state index in [0.717, 1.165) is 0 Å². The molecular formula is C16H27F3N2O6. The first-order valence-corrected chi connectivity index (χ1v) is 8.00. The summed E-state index contributed by atoms with van der Waals surface area (Å²) < 4.78 is 55.0. The van der Waals surface area contributed by atoms with E-state index in [1.807, 2.05) is 0 Å². The molecule has 11 heteroatoms. The van der Waals surface area contributed by atoms with Crippen LogP contribution in [0.5, 0.6) is 0 Å². The van der Waals surface area contributed by atoms with Gasteiger partial charge in [-0.3, -0.25) is 0 Å². The molecule has 27 heavy (non-hydrogen) atoms. The standard InChI is InChI=1S/C16H27F3N2O6/c1-13(2,3)25-10(22)20(11(23)26-14(4,5)6)21(16(17,18)19)12(24)27-15(7,8)9/h1-9H3. The molecule has 158 valence electrons. The largest absolute Gasteiger partial charge is 0.509 e. The van der Waals surface area contributed by atoms with Crippen LogP contribution in [0, 0.1) is 0 Å². The van der Waals surface area contributed by atoms with Crippen molar-refractivity contribution in [1.29, 1.82) is 0 Å². The van der Waals surface area contributed by atoms with Gasteiger partial charge in [0.25, 0.3) is 0 Å². The highest BCUT2D eigenvalue weighted by atomic mass is 19.4. The zero-order chi connectivity index (χ0) is 22.0. The minimum Gasteiger partial charge on any atom is -0.442 e. The van der Waals surface area contributed by atoms with Crippen LogP contribution in [0.2, 0.25) is 0 Å². The Morgan fingerprint density at radius 3 is 1.07 bits per heavy atom. The van der Waals surface area contributed by atoms with Gasteiger partial charge in [0, 0.05) is 0 Å². The summed E-state index contributed by atoms with van der Waals surface area (Å²) in [6, 6.07) is 0. The van der Waals surface area contributed by atoms with Gasteiger partial charge >= 0.3 is 24.6 Å². The zero-order valence-electron chi connectivity index (χ0n) is 17.0. The molecule has 0 saturated heterocycles. The Kier molecular flexibility index (Phi) is 7.17. The Bertz CT molecular complexity index is 543. The molecule has 0 aliphatic heterocycles. The van der Waals surface area contributed by atoms with Gasteiger partial charge in [-0.05, 0) is 62.3 Å². The Balaban J connectivity index is 6.17. The summed E-state index contributed by atoms with van der Waals surface area (Å²) in [5, 5.41) is -1.65. The van der Waals surface area contributed by atoms with Crippen molar-refractivity contribution in [3.05, 3.63) is 0 Å². The number of carbonyl (C=O) groups is 3. The molecular weight excluding hydrogens is 373 g/mol. The predicted octanol–water partition coefficient (Wildman–Crippen LogP) is 4.83. The van der Waals surface area contributed by atoms with Crippen LogP contribution in [0.3, 0.4) is 0 Å². The topological polar surface area (TPSA) is 85.4 Å². The molecule has 0 spiro atoms. The van der Waals surface area contributed by atoms with Crippen LogP contribution in [0.15, 0.2) is 0 Å². The van der Waals surface area contributed by atoms with Gasteiger partial charge in [0.1, 0.15) is 16.8 Å². The van der Waals surface area contributed by atoms with Crippen molar-refractivity contribution in [2.75, 3.05) is 0 Å². The van der Waals surface area contributed by atoms with Crippen molar-refractivity contribution in [2.24, 2.45) is 0 Å². The van der Waals surface area contributed by atoms with Gasteiger partial charge in [-0.25, -0.2) is 14.4 Å². The molecule has 0 aromatic heterocycles. The lowest BCUT2D eigenvalue weighted by Crippen LogP contribution is -2.61. The highest BCUT2D eigenvalue weighted by Gasteiger charge is 2.53. The number of nitrogens with zero attached hydrogens (tertiary/aromatic N) is 2. The van der Waals surface area contributed by atoms with Gasteiger partial charge in [-0.2, -0.15) is 0 Å². The number of hydrogen-bond donors (Lipinski definition) is 0. The average molecular weight is 400 g/mol. The first-order valence-electron chi connectivity index (χ1n) is 8.00. The van der Waals surface area contributed by atoms with E-state index in [9.17, 15) is 27.6 Å². The number of hydrogen-bond acceptors (Lipinski definition) is 6. The second kappa shape index (κ2) is 7.81. The molecule has 0 heterocycles. The molecule has 0 aliphatic rings. The van der Waals surface area contributed by atoms with Gasteiger partial charge in [0.15, 0.2) is 0 Å². The van der Waals surface area contributed by atoms with E-state index < -0.39 is 51.4 Å². The summed E-state index contributed by atoms with van der Waals surface area (Å²) in [6.45, 7) is 12.2. The smallest absolute Gasteiger partial charge is 0.442 e. The molecule has 0 saturated carbocycles. The Labute approximate surface area is 156 Å². The molecule has 0 aliphatic carbocycles. The molecule has 0 fully saturated rings. The summed E-state index contributed by atoms with van der Waals surface area (Å²) in [6.07, 6.45) is -11.0. The van der Waals surface area contributed by atoms with Crippen molar-refractivity contribution < 1.29 is 41.8 Å². The molecule has 0 aromatic rings. The fourth-order valence-electron chi connectivity index (χ4n) is 1.45. The average Bonchev–Trinajstić information content (AvgIpc) is 2.26. The SMILES string of the molecule is CC(C)(C)OC(=O)N(C(=O)OC(C)(C)C)N(C(=O)OC(C)(C)C)C(F)(F)F. The van der Waals surface area contributed by atoms with Crippen molar-refractivity contribution in [1.82, 2.24) is 10.0 Å². The molecule has 0 bridgehead atoms. The van der Waals surface area contributed by atoms with Gasteiger partial charge in [0.2, 0.25) is 0 Å². The fraction of sp³-hybridized carbons (Fsp3) is 0.812. The molecule has 0 unspecified atom stereocenters. The van der Waals surface area contributed by atoms with Crippen LogP contribution in [0.1, 0.15) is 62.3 Å². The Morgan fingerprint density at radius 2 is 0.852 bits per heavy atom. The summed E-state index contributed by atoms with van der Waals surface area (Å²) in [7, 11) is 0. The summed E-state index contributed by atoms with van der Waals surface area (Å²) in [4.78, 5) is 36.7. The third kappa shape index (κ3) is 9.34. The van der Waals surface area contributed by atoms with Gasteiger partial charge in [0.05, 0.1) is 0 Å². The van der Waals surface area contributed by atoms with Crippen molar-refractivity contribution in [3.63, 3.8) is 0 Å². The molecule has 0 radical (unpaired) electrons. The number of hydrazine groups is 1. The molecule has 0 atom stereocenters. The van der Waals surface area contributed by atoms with E-state index >= 15 is 0 Å². The maximum Gasteiger partial charge on any atom is 0.509 e. The molecule has 0 rings (SSSR count). The monoisotopic (exact) mass is 400 g/mol. The quantitative estimate of drug-likeness (QED) is 0.329. The number of rotatable bonds is 0. The van der Waals surface area contributed by atoms with Crippen molar-refractivity contribution in [2.45, 2.75) is 85.4 Å². The van der Waals surface area contributed by atoms with Gasteiger partial charge in [-0.1, -0.05) is 0 Å². The Morgan fingerprint density at radius 1 is 0.593 bits per heavy atom. The number of ether oxygens (including phenoxy) is 3. The maximum atomic E-state index is 13.6. The third-order valence-electron chi connectivity index (χ3n) is 2.14. The van der Waals surface area contributed by atoms with Gasteiger partial charge < -0.3 is 14.2 Å². The van der Waals surface area contributed by atoms with Crippen LogP contribution in [-0.2, 0) is 14.2 Å². The predicted molar refractivity (Wildman–Crippen MR) is 88.4 cm³/mol. The number of amides is 3. The van der Waals surface area contributed by atoms with Crippen LogP contribution in [-0.4, -0.2) is 51.4 Å². The lowest BCUT2D eigenvalue weighted by atomic mass is 10.2. The first-order chi connectivity index (χ1) is 11.6. The van der Waals surface area contributed by atoms with Gasteiger partial charge in [-0.15, -0.1) is 23.2 Å². The highest BCUT2D eigenvalue weighted by molar-refractivity contribution is 5.90. The Hall–Kier alpha value is -2.20. The lowest BCUT2D eigenvalue weighted by Gasteiger charge is -2.36. The normalized spacial score (nSPS) is 12.9. The number of carbonyl (C=O) groups excluding carboxylic acids is 3. The minimum atomic E-state index is -5.48. The lowest BCUT2D eigenvalue weighted by molar-refractivity contribution is -0.281. The summed E-state index contributed by atoms with van der Waals surface area (Å²) in [5.41, 5.74) is -3.82. The van der Waals surface area contributed by atoms with E-state index in [-0.39, 0.29) is 0 Å². The molecule has 0 aromatic carbocycles. The van der Waals surface area contributed by atoms with E-state index in [2.05, 4.69) is 4.74 Å². The van der Waals surface area contributed by atoms with Crippen molar-refractivity contribution in [3.8, 4) is 0 Å². The van der Waals surface area contributed by atoms with Crippen LogP contribution in [0.25, 0.3) is 0 Å². The van der Waals surface area contributed by atoms with Crippen molar-refractivity contribution >= 4 is 18.3 Å². The highest BCUT2D eigenvalue weighted by Crippen LogP contribution is 2.29. The molecule has 8 nitrogen and oxygen atoms in total. The van der Waals surface area contributed by atoms with E-state index in [0.29, 0.717) is 0 Å². The van der Waals surface area contributed by atoms with E-state index in [1.165, 1.54) is 62.3 Å². The number of halogens is 3.